The van der Waals surface area contributed by atoms with Crippen LogP contribution in [0.3, 0.4) is 0 Å². The summed E-state index contributed by atoms with van der Waals surface area (Å²) in [5.74, 6) is -1.62. The molecule has 1 aromatic heterocycles. The fraction of sp³-hybridized carbons (Fsp3) is 0.174. The monoisotopic (exact) mass is 444 g/mol. The first-order valence-electron chi connectivity index (χ1n) is 9.55. The number of halogens is 4. The van der Waals surface area contributed by atoms with Gasteiger partial charge < -0.3 is 9.64 Å². The summed E-state index contributed by atoms with van der Waals surface area (Å²) in [6.45, 7) is -0.132. The third kappa shape index (κ3) is 4.05. The molecule has 1 aliphatic heterocycles. The number of carbonyl (C=O) groups is 2. The molecular formula is C23H16F4N2O3. The number of amides is 1. The molecule has 0 N–H and O–H groups in total. The minimum Gasteiger partial charge on any atom is -0.483 e. The Labute approximate surface area is 180 Å². The van der Waals surface area contributed by atoms with Gasteiger partial charge in [-0.3, -0.25) is 14.6 Å². The van der Waals surface area contributed by atoms with E-state index in [-0.39, 0.29) is 40.8 Å². The highest BCUT2D eigenvalue weighted by Gasteiger charge is 2.34. The lowest BCUT2D eigenvalue weighted by Crippen LogP contribution is -2.22. The number of benzene rings is 2. The second kappa shape index (κ2) is 8.07. The maximum atomic E-state index is 14.7. The zero-order chi connectivity index (χ0) is 23.0. The molecule has 0 saturated heterocycles. The zero-order valence-electron chi connectivity index (χ0n) is 16.7. The molecule has 5 nitrogen and oxygen atoms in total. The molecule has 2 heterocycles. The van der Waals surface area contributed by atoms with Gasteiger partial charge in [0.25, 0.3) is 5.91 Å². The molecule has 0 saturated carbocycles. The van der Waals surface area contributed by atoms with E-state index < -0.39 is 18.6 Å². The van der Waals surface area contributed by atoms with Crippen molar-refractivity contribution in [3.8, 4) is 17.0 Å². The third-order valence-electron chi connectivity index (χ3n) is 5.04. The first kappa shape index (κ1) is 21.5. The summed E-state index contributed by atoms with van der Waals surface area (Å²) in [6.07, 6.45) is -3.30. The third-order valence-corrected chi connectivity index (χ3v) is 5.04. The van der Waals surface area contributed by atoms with Crippen LogP contribution < -0.4 is 9.64 Å². The Morgan fingerprint density at radius 2 is 1.84 bits per heavy atom. The number of alkyl halides is 3. The minimum absolute atomic E-state index is 0.0316. The molecule has 32 heavy (non-hydrogen) atoms. The van der Waals surface area contributed by atoms with Gasteiger partial charge in [-0.25, -0.2) is 4.39 Å². The molecule has 0 spiro atoms. The highest BCUT2D eigenvalue weighted by atomic mass is 19.4. The number of nitrogens with zero attached hydrogens (tertiary/aromatic N) is 2. The average Bonchev–Trinajstić information content (AvgIpc) is 3.09. The van der Waals surface area contributed by atoms with Gasteiger partial charge in [-0.2, -0.15) is 13.2 Å². The largest absolute Gasteiger partial charge is 0.483 e. The number of anilines is 1. The summed E-state index contributed by atoms with van der Waals surface area (Å²) in [5.41, 5.74) is 1.43. The Morgan fingerprint density at radius 1 is 1.12 bits per heavy atom. The van der Waals surface area contributed by atoms with Crippen molar-refractivity contribution in [2.45, 2.75) is 19.6 Å². The minimum atomic E-state index is -4.60. The summed E-state index contributed by atoms with van der Waals surface area (Å²) in [7, 11) is 0. The van der Waals surface area contributed by atoms with Gasteiger partial charge in [0.05, 0.1) is 17.8 Å². The van der Waals surface area contributed by atoms with Crippen LogP contribution in [0, 0.1) is 5.82 Å². The fourth-order valence-electron chi connectivity index (χ4n) is 3.54. The average molecular weight is 444 g/mol. The van der Waals surface area contributed by atoms with E-state index in [2.05, 4.69) is 4.98 Å². The summed E-state index contributed by atoms with van der Waals surface area (Å²) < 4.78 is 57.5. The zero-order valence-corrected chi connectivity index (χ0v) is 16.7. The standard InChI is InChI=1S/C23H16F4N2O3/c1-13(30)14-5-7-15(8-6-14)29-11-17-16(22(29)31)9-10-28-21(17)20-18(24)3-2-4-19(20)32-12-23(25,26)27/h2-10H,11-12H2,1H3. The van der Waals surface area contributed by atoms with E-state index >= 15 is 0 Å². The van der Waals surface area contributed by atoms with Gasteiger partial charge in [0, 0.05) is 28.6 Å². The summed E-state index contributed by atoms with van der Waals surface area (Å²) in [6, 6.07) is 11.4. The van der Waals surface area contributed by atoms with E-state index in [1.165, 1.54) is 36.2 Å². The van der Waals surface area contributed by atoms with Crippen LogP contribution in [0.4, 0.5) is 23.2 Å². The van der Waals surface area contributed by atoms with Gasteiger partial charge in [0.1, 0.15) is 11.6 Å². The van der Waals surface area contributed by atoms with Crippen molar-refractivity contribution in [1.82, 2.24) is 4.98 Å². The maximum Gasteiger partial charge on any atom is 0.422 e. The van der Waals surface area contributed by atoms with Crippen molar-refractivity contribution in [2.75, 3.05) is 11.5 Å². The first-order valence-corrected chi connectivity index (χ1v) is 9.55. The van der Waals surface area contributed by atoms with Gasteiger partial charge in [-0.05, 0) is 49.4 Å². The smallest absolute Gasteiger partial charge is 0.422 e. The molecule has 0 unspecified atom stereocenters. The Morgan fingerprint density at radius 3 is 2.50 bits per heavy atom. The molecule has 9 heteroatoms. The second-order valence-electron chi connectivity index (χ2n) is 7.20. The summed E-state index contributed by atoms with van der Waals surface area (Å²) in [4.78, 5) is 30.1. The highest BCUT2D eigenvalue weighted by Crippen LogP contribution is 2.39. The molecule has 164 valence electrons. The number of hydrogen-bond acceptors (Lipinski definition) is 4. The second-order valence-corrected chi connectivity index (χ2v) is 7.20. The van der Waals surface area contributed by atoms with Crippen LogP contribution in [0.1, 0.15) is 33.2 Å². The van der Waals surface area contributed by atoms with Crippen LogP contribution in [-0.4, -0.2) is 29.5 Å². The SMILES string of the molecule is CC(=O)c1ccc(N2Cc3c(ccnc3-c3c(F)cccc3OCC(F)(F)F)C2=O)cc1. The molecular weight excluding hydrogens is 428 g/mol. The number of rotatable bonds is 5. The molecule has 3 aromatic rings. The normalized spacial score (nSPS) is 13.3. The number of hydrogen-bond donors (Lipinski definition) is 0. The number of aromatic nitrogens is 1. The van der Waals surface area contributed by atoms with E-state index in [9.17, 15) is 27.2 Å². The predicted molar refractivity (Wildman–Crippen MR) is 108 cm³/mol. The van der Waals surface area contributed by atoms with Crippen molar-refractivity contribution >= 4 is 17.4 Å². The summed E-state index contributed by atoms with van der Waals surface area (Å²) in [5, 5.41) is 0. The number of Topliss-reactive ketones (excluding diaryl/α,β-unsaturated/α-hetero) is 1. The van der Waals surface area contributed by atoms with E-state index in [1.54, 1.807) is 24.3 Å². The Bertz CT molecular complexity index is 1210. The Kier molecular flexibility index (Phi) is 5.41. The lowest BCUT2D eigenvalue weighted by atomic mass is 10.0. The van der Waals surface area contributed by atoms with Gasteiger partial charge in [0.2, 0.25) is 0 Å². The van der Waals surface area contributed by atoms with Crippen molar-refractivity contribution in [2.24, 2.45) is 0 Å². The van der Waals surface area contributed by atoms with E-state index in [4.69, 9.17) is 4.74 Å². The summed E-state index contributed by atoms with van der Waals surface area (Å²) >= 11 is 0. The van der Waals surface area contributed by atoms with Crippen molar-refractivity contribution < 1.29 is 31.9 Å². The Hall–Kier alpha value is -3.75. The van der Waals surface area contributed by atoms with Crippen LogP contribution in [-0.2, 0) is 6.54 Å². The molecule has 0 atom stereocenters. The molecule has 1 aliphatic rings. The van der Waals surface area contributed by atoms with Crippen molar-refractivity contribution in [3.63, 3.8) is 0 Å². The number of ketones is 1. The first-order chi connectivity index (χ1) is 15.2. The molecule has 4 rings (SSSR count). The lowest BCUT2D eigenvalue weighted by Gasteiger charge is -2.17. The van der Waals surface area contributed by atoms with E-state index in [0.717, 1.165) is 6.07 Å². The van der Waals surface area contributed by atoms with Gasteiger partial charge in [0.15, 0.2) is 12.4 Å². The van der Waals surface area contributed by atoms with Crippen LogP contribution in [0.5, 0.6) is 5.75 Å². The van der Waals surface area contributed by atoms with E-state index in [0.29, 0.717) is 16.8 Å². The predicted octanol–water partition coefficient (Wildman–Crippen LogP) is 5.19. The fourth-order valence-corrected chi connectivity index (χ4v) is 3.54. The molecule has 2 aromatic carbocycles. The number of carbonyl (C=O) groups excluding carboxylic acids is 2. The molecule has 0 aliphatic carbocycles. The van der Waals surface area contributed by atoms with Crippen LogP contribution in [0.2, 0.25) is 0 Å². The van der Waals surface area contributed by atoms with Gasteiger partial charge >= 0.3 is 6.18 Å². The van der Waals surface area contributed by atoms with E-state index in [1.807, 2.05) is 0 Å². The van der Waals surface area contributed by atoms with Crippen LogP contribution in [0.15, 0.2) is 54.7 Å². The molecule has 1 amide bonds. The maximum absolute atomic E-state index is 14.7. The molecule has 0 fully saturated rings. The quantitative estimate of drug-likeness (QED) is 0.401. The highest BCUT2D eigenvalue weighted by molar-refractivity contribution is 6.11. The topological polar surface area (TPSA) is 59.5 Å². The lowest BCUT2D eigenvalue weighted by molar-refractivity contribution is -0.153. The number of pyridine rings is 1. The van der Waals surface area contributed by atoms with Crippen LogP contribution in [0.25, 0.3) is 11.3 Å². The number of fused-ring (bicyclic) bond motifs is 1. The van der Waals surface area contributed by atoms with Crippen molar-refractivity contribution in [1.29, 1.82) is 0 Å². The van der Waals surface area contributed by atoms with Gasteiger partial charge in [-0.15, -0.1) is 0 Å². The van der Waals surface area contributed by atoms with Crippen LogP contribution >= 0.6 is 0 Å². The van der Waals surface area contributed by atoms with Gasteiger partial charge in [-0.1, -0.05) is 6.07 Å². The molecule has 0 radical (unpaired) electrons. The molecule has 0 bridgehead atoms. The van der Waals surface area contributed by atoms with Crippen molar-refractivity contribution in [3.05, 3.63) is 77.2 Å². The number of ether oxygens (including phenoxy) is 1. The Balaban J connectivity index is 1.74.